The van der Waals surface area contributed by atoms with Crippen LogP contribution in [-0.2, 0) is 6.54 Å². The first-order chi connectivity index (χ1) is 10.1. The highest BCUT2D eigenvalue weighted by Gasteiger charge is 2.12. The first-order valence-electron chi connectivity index (χ1n) is 6.90. The zero-order chi connectivity index (χ0) is 15.0. The van der Waals surface area contributed by atoms with Crippen molar-refractivity contribution in [3.05, 3.63) is 70.4 Å². The maximum absolute atomic E-state index is 12.6. The van der Waals surface area contributed by atoms with E-state index in [1.165, 1.54) is 0 Å². The lowest BCUT2D eigenvalue weighted by Crippen LogP contribution is -2.11. The Morgan fingerprint density at radius 2 is 1.95 bits per heavy atom. The van der Waals surface area contributed by atoms with Crippen molar-refractivity contribution in [1.82, 2.24) is 4.57 Å². The molecule has 2 aromatic carbocycles. The number of para-hydroxylation sites is 1. The van der Waals surface area contributed by atoms with Gasteiger partial charge in [0.2, 0.25) is 0 Å². The first-order valence-corrected chi connectivity index (χ1v) is 7.28. The molecule has 21 heavy (non-hydrogen) atoms. The maximum atomic E-state index is 12.6. The van der Waals surface area contributed by atoms with Crippen molar-refractivity contribution in [3.8, 4) is 0 Å². The molecule has 0 saturated heterocycles. The Labute approximate surface area is 129 Å². The van der Waals surface area contributed by atoms with Crippen molar-refractivity contribution >= 4 is 28.3 Å². The number of rotatable bonds is 3. The summed E-state index contributed by atoms with van der Waals surface area (Å²) in [5.41, 5.74) is 3.80. The zero-order valence-electron chi connectivity index (χ0n) is 12.1. The van der Waals surface area contributed by atoms with Gasteiger partial charge in [-0.05, 0) is 37.6 Å². The Kier molecular flexibility index (Phi) is 3.56. The van der Waals surface area contributed by atoms with E-state index in [4.69, 9.17) is 11.6 Å². The van der Waals surface area contributed by atoms with Crippen molar-refractivity contribution in [2.24, 2.45) is 0 Å². The third-order valence-corrected chi connectivity index (χ3v) is 4.05. The molecular formula is C18H16ClNO. The average Bonchev–Trinajstić information content (AvgIpc) is 2.86. The lowest BCUT2D eigenvalue weighted by Gasteiger charge is -2.09. The van der Waals surface area contributed by atoms with E-state index in [-0.39, 0.29) is 5.78 Å². The molecule has 0 bridgehead atoms. The van der Waals surface area contributed by atoms with Crippen molar-refractivity contribution in [2.75, 3.05) is 0 Å². The number of carbonyl (C=O) groups excluding carboxylic acids is 1. The molecule has 0 fully saturated rings. The van der Waals surface area contributed by atoms with Gasteiger partial charge in [0.1, 0.15) is 0 Å². The minimum Gasteiger partial charge on any atom is -0.338 e. The van der Waals surface area contributed by atoms with Crippen molar-refractivity contribution in [3.63, 3.8) is 0 Å². The smallest absolute Gasteiger partial charge is 0.182 e. The van der Waals surface area contributed by atoms with Crippen molar-refractivity contribution < 1.29 is 4.79 Å². The predicted molar refractivity (Wildman–Crippen MR) is 87.2 cm³/mol. The second-order valence-corrected chi connectivity index (χ2v) is 5.77. The van der Waals surface area contributed by atoms with Gasteiger partial charge in [-0.1, -0.05) is 41.4 Å². The molecule has 0 unspecified atom stereocenters. The highest BCUT2D eigenvalue weighted by Crippen LogP contribution is 2.25. The van der Waals surface area contributed by atoms with E-state index in [1.54, 1.807) is 0 Å². The number of hydrogen-bond acceptors (Lipinski definition) is 1. The SMILES string of the molecule is Cc1ccc(C)c(C(=O)Cn2ccc3cccc(Cl)c32)c1. The van der Waals surface area contributed by atoms with Gasteiger partial charge in [0.15, 0.2) is 5.78 Å². The second-order valence-electron chi connectivity index (χ2n) is 5.36. The molecule has 0 N–H and O–H groups in total. The van der Waals surface area contributed by atoms with E-state index in [2.05, 4.69) is 0 Å². The molecule has 0 spiro atoms. The third kappa shape index (κ3) is 2.59. The fourth-order valence-corrected chi connectivity index (χ4v) is 2.91. The summed E-state index contributed by atoms with van der Waals surface area (Å²) in [7, 11) is 0. The maximum Gasteiger partial charge on any atom is 0.182 e. The Morgan fingerprint density at radius 3 is 2.76 bits per heavy atom. The Hall–Kier alpha value is -2.06. The minimum atomic E-state index is 0.105. The number of Topliss-reactive ketones (excluding diaryl/α,β-unsaturated/α-hetero) is 1. The highest BCUT2D eigenvalue weighted by atomic mass is 35.5. The summed E-state index contributed by atoms with van der Waals surface area (Å²) < 4.78 is 1.92. The summed E-state index contributed by atoms with van der Waals surface area (Å²) in [6.45, 7) is 4.27. The molecule has 0 radical (unpaired) electrons. The van der Waals surface area contributed by atoms with Gasteiger partial charge >= 0.3 is 0 Å². The molecule has 3 heteroatoms. The van der Waals surface area contributed by atoms with E-state index < -0.39 is 0 Å². The van der Waals surface area contributed by atoms with Crippen molar-refractivity contribution in [1.29, 1.82) is 0 Å². The molecule has 0 aliphatic heterocycles. The number of ketones is 1. The molecule has 2 nitrogen and oxygen atoms in total. The van der Waals surface area contributed by atoms with Gasteiger partial charge in [0.05, 0.1) is 17.1 Å². The van der Waals surface area contributed by atoms with Gasteiger partial charge in [0, 0.05) is 17.1 Å². The van der Waals surface area contributed by atoms with Gasteiger partial charge in [-0.15, -0.1) is 0 Å². The van der Waals surface area contributed by atoms with Crippen LogP contribution < -0.4 is 0 Å². The minimum absolute atomic E-state index is 0.105. The molecule has 0 amide bonds. The summed E-state index contributed by atoms with van der Waals surface area (Å²) in [6, 6.07) is 13.7. The Balaban J connectivity index is 1.99. The van der Waals surface area contributed by atoms with Crippen molar-refractivity contribution in [2.45, 2.75) is 20.4 Å². The molecule has 0 atom stereocenters. The van der Waals surface area contributed by atoms with Crippen LogP contribution in [-0.4, -0.2) is 10.4 Å². The number of carbonyl (C=O) groups is 1. The topological polar surface area (TPSA) is 22.0 Å². The van der Waals surface area contributed by atoms with Gasteiger partial charge in [0.25, 0.3) is 0 Å². The number of halogens is 1. The van der Waals surface area contributed by atoms with Crippen LogP contribution in [0.1, 0.15) is 21.5 Å². The van der Waals surface area contributed by atoms with Crippen LogP contribution >= 0.6 is 11.6 Å². The van der Waals surface area contributed by atoms with Crippen LogP contribution in [0, 0.1) is 13.8 Å². The third-order valence-electron chi connectivity index (χ3n) is 3.75. The van der Waals surface area contributed by atoms with Crippen LogP contribution in [0.4, 0.5) is 0 Å². The number of hydrogen-bond donors (Lipinski definition) is 0. The van der Waals surface area contributed by atoms with E-state index >= 15 is 0 Å². The summed E-state index contributed by atoms with van der Waals surface area (Å²) >= 11 is 6.26. The van der Waals surface area contributed by atoms with E-state index in [1.807, 2.05) is 67.1 Å². The number of aromatic nitrogens is 1. The zero-order valence-corrected chi connectivity index (χ0v) is 12.8. The molecular weight excluding hydrogens is 282 g/mol. The Morgan fingerprint density at radius 1 is 1.14 bits per heavy atom. The van der Waals surface area contributed by atoms with E-state index in [0.29, 0.717) is 11.6 Å². The number of fused-ring (bicyclic) bond motifs is 1. The Bertz CT molecular complexity index is 832. The van der Waals surface area contributed by atoms with Crippen LogP contribution in [0.5, 0.6) is 0 Å². The normalized spacial score (nSPS) is 11.0. The van der Waals surface area contributed by atoms with Gasteiger partial charge < -0.3 is 4.57 Å². The van der Waals surface area contributed by atoms with Gasteiger partial charge in [-0.2, -0.15) is 0 Å². The van der Waals surface area contributed by atoms with Crippen LogP contribution in [0.3, 0.4) is 0 Å². The van der Waals surface area contributed by atoms with Crippen LogP contribution in [0.25, 0.3) is 10.9 Å². The molecule has 106 valence electrons. The van der Waals surface area contributed by atoms with E-state index in [0.717, 1.165) is 27.6 Å². The summed E-state index contributed by atoms with van der Waals surface area (Å²) in [4.78, 5) is 12.6. The molecule has 3 rings (SSSR count). The monoisotopic (exact) mass is 297 g/mol. The summed E-state index contributed by atoms with van der Waals surface area (Å²) in [5, 5.41) is 1.72. The molecule has 1 heterocycles. The highest BCUT2D eigenvalue weighted by molar-refractivity contribution is 6.35. The fraction of sp³-hybridized carbons (Fsp3) is 0.167. The molecule has 0 aliphatic carbocycles. The molecule has 0 aliphatic rings. The lowest BCUT2D eigenvalue weighted by atomic mass is 10.0. The molecule has 0 saturated carbocycles. The van der Waals surface area contributed by atoms with Crippen LogP contribution in [0.15, 0.2) is 48.7 Å². The number of benzene rings is 2. The largest absolute Gasteiger partial charge is 0.338 e. The molecule has 1 aromatic heterocycles. The fourth-order valence-electron chi connectivity index (χ4n) is 2.62. The second kappa shape index (κ2) is 5.38. The summed E-state index contributed by atoms with van der Waals surface area (Å²) in [5.74, 6) is 0.105. The quantitative estimate of drug-likeness (QED) is 0.637. The summed E-state index contributed by atoms with van der Waals surface area (Å²) in [6.07, 6.45) is 1.92. The standard InChI is InChI=1S/C18H16ClNO/c1-12-6-7-13(2)15(10-12)17(21)11-20-9-8-14-4-3-5-16(19)18(14)20/h3-10H,11H2,1-2H3. The first kappa shape index (κ1) is 13.9. The lowest BCUT2D eigenvalue weighted by molar-refractivity contribution is 0.0973. The molecule has 3 aromatic rings. The number of nitrogens with zero attached hydrogens (tertiary/aromatic N) is 1. The van der Waals surface area contributed by atoms with Gasteiger partial charge in [-0.25, -0.2) is 0 Å². The van der Waals surface area contributed by atoms with Gasteiger partial charge in [-0.3, -0.25) is 4.79 Å². The van der Waals surface area contributed by atoms with Crippen LogP contribution in [0.2, 0.25) is 5.02 Å². The predicted octanol–water partition coefficient (Wildman–Crippen LogP) is 4.79. The van der Waals surface area contributed by atoms with E-state index in [9.17, 15) is 4.79 Å². The number of aryl methyl sites for hydroxylation is 2. The average molecular weight is 298 g/mol.